The largest absolute Gasteiger partial charge is 0.350 e. The summed E-state index contributed by atoms with van der Waals surface area (Å²) in [6, 6.07) is 2.20. The maximum Gasteiger partial charge on any atom is 0.270 e. The van der Waals surface area contributed by atoms with Crippen LogP contribution < -0.4 is 10.2 Å². The van der Waals surface area contributed by atoms with E-state index in [0.717, 1.165) is 19.4 Å². The van der Waals surface area contributed by atoms with Crippen LogP contribution in [0.3, 0.4) is 0 Å². The van der Waals surface area contributed by atoms with Gasteiger partial charge in [0.1, 0.15) is 5.69 Å². The summed E-state index contributed by atoms with van der Waals surface area (Å²) >= 11 is 0. The summed E-state index contributed by atoms with van der Waals surface area (Å²) in [7, 11) is 0. The number of hydrogen-bond donors (Lipinski definition) is 1. The highest BCUT2D eigenvalue weighted by Gasteiger charge is 2.23. The molecule has 1 saturated heterocycles. The number of carbonyl (C=O) groups excluding carboxylic acids is 1. The molecular formula is C20H30N4O. The van der Waals surface area contributed by atoms with Crippen LogP contribution in [0.15, 0.2) is 23.9 Å². The Hall–Kier alpha value is -1.91. The third kappa shape index (κ3) is 4.80. The lowest BCUT2D eigenvalue weighted by atomic mass is 9.97. The fourth-order valence-electron chi connectivity index (χ4n) is 3.86. The molecule has 0 bridgehead atoms. The van der Waals surface area contributed by atoms with Gasteiger partial charge in [0.15, 0.2) is 0 Å². The molecule has 2 heterocycles. The normalized spacial score (nSPS) is 20.9. The smallest absolute Gasteiger partial charge is 0.270 e. The Labute approximate surface area is 150 Å². The Morgan fingerprint density at radius 2 is 2.24 bits per heavy atom. The topological polar surface area (TPSA) is 58.1 Å². The van der Waals surface area contributed by atoms with Crippen LogP contribution in [0, 0.1) is 0 Å². The minimum absolute atomic E-state index is 0.0925. The van der Waals surface area contributed by atoms with Crippen molar-refractivity contribution >= 4 is 11.9 Å². The van der Waals surface area contributed by atoms with E-state index < -0.39 is 0 Å². The van der Waals surface area contributed by atoms with Crippen molar-refractivity contribution in [2.75, 3.05) is 18.0 Å². The number of nitrogens with zero attached hydrogens (tertiary/aromatic N) is 3. The first-order valence-corrected chi connectivity index (χ1v) is 9.83. The molecule has 136 valence electrons. The molecule has 5 nitrogen and oxygen atoms in total. The van der Waals surface area contributed by atoms with Gasteiger partial charge in [0, 0.05) is 25.3 Å². The Kier molecular flexibility index (Phi) is 6.42. The Morgan fingerprint density at radius 1 is 1.32 bits per heavy atom. The third-order valence-electron chi connectivity index (χ3n) is 5.35. The van der Waals surface area contributed by atoms with Gasteiger partial charge >= 0.3 is 0 Å². The van der Waals surface area contributed by atoms with Crippen molar-refractivity contribution in [1.82, 2.24) is 15.3 Å². The van der Waals surface area contributed by atoms with Gasteiger partial charge in [-0.05, 0) is 63.9 Å². The maximum absolute atomic E-state index is 12.4. The van der Waals surface area contributed by atoms with Crippen LogP contribution in [0.5, 0.6) is 0 Å². The lowest BCUT2D eigenvalue weighted by Gasteiger charge is -2.35. The Morgan fingerprint density at radius 3 is 3.04 bits per heavy atom. The molecule has 2 aliphatic rings. The van der Waals surface area contributed by atoms with Crippen LogP contribution in [0.1, 0.15) is 75.2 Å². The van der Waals surface area contributed by atoms with Crippen LogP contribution in [-0.2, 0) is 0 Å². The summed E-state index contributed by atoms with van der Waals surface area (Å²) in [6.45, 7) is 3.88. The van der Waals surface area contributed by atoms with Gasteiger partial charge < -0.3 is 10.2 Å². The van der Waals surface area contributed by atoms with E-state index in [0.29, 0.717) is 24.2 Å². The summed E-state index contributed by atoms with van der Waals surface area (Å²) in [6.07, 6.45) is 14.7. The number of allylic oxidation sites excluding steroid dienone is 1. The monoisotopic (exact) mass is 342 g/mol. The maximum atomic E-state index is 12.4. The van der Waals surface area contributed by atoms with Crippen molar-refractivity contribution in [2.45, 2.75) is 70.8 Å². The zero-order valence-electron chi connectivity index (χ0n) is 15.3. The molecule has 1 aromatic heterocycles. The molecule has 1 aliphatic heterocycles. The quantitative estimate of drug-likeness (QED) is 0.798. The van der Waals surface area contributed by atoms with Gasteiger partial charge in [-0.15, -0.1) is 0 Å². The molecular weight excluding hydrogens is 312 g/mol. The highest BCUT2D eigenvalue weighted by molar-refractivity contribution is 5.92. The molecule has 0 aromatic carbocycles. The molecule has 1 fully saturated rings. The van der Waals surface area contributed by atoms with Crippen molar-refractivity contribution in [3.63, 3.8) is 0 Å². The number of carbonyl (C=O) groups is 1. The second-order valence-corrected chi connectivity index (χ2v) is 7.11. The molecule has 3 rings (SSSR count). The molecule has 1 unspecified atom stereocenters. The van der Waals surface area contributed by atoms with Crippen LogP contribution in [0.25, 0.3) is 0 Å². The predicted molar refractivity (Wildman–Crippen MR) is 101 cm³/mol. The number of amides is 1. The van der Waals surface area contributed by atoms with Crippen molar-refractivity contribution in [1.29, 1.82) is 0 Å². The molecule has 1 aliphatic carbocycles. The van der Waals surface area contributed by atoms with Crippen molar-refractivity contribution in [2.24, 2.45) is 0 Å². The van der Waals surface area contributed by atoms with E-state index in [1.807, 2.05) is 0 Å². The molecule has 1 N–H and O–H groups in total. The van der Waals surface area contributed by atoms with Crippen LogP contribution >= 0.6 is 0 Å². The summed E-state index contributed by atoms with van der Waals surface area (Å²) < 4.78 is 0. The van der Waals surface area contributed by atoms with Crippen molar-refractivity contribution in [3.05, 3.63) is 29.6 Å². The fourth-order valence-corrected chi connectivity index (χ4v) is 3.86. The van der Waals surface area contributed by atoms with Crippen LogP contribution in [0.2, 0.25) is 0 Å². The fraction of sp³-hybridized carbons (Fsp3) is 0.650. The van der Waals surface area contributed by atoms with Crippen LogP contribution in [0.4, 0.5) is 5.95 Å². The number of piperidine rings is 1. The van der Waals surface area contributed by atoms with E-state index in [-0.39, 0.29) is 5.91 Å². The van der Waals surface area contributed by atoms with Gasteiger partial charge in [-0.25, -0.2) is 9.97 Å². The SMILES string of the molecule is CCC1CCCCN1c1nccc(C(=O)NCCC2=CCCCC2)n1. The zero-order valence-corrected chi connectivity index (χ0v) is 15.3. The lowest BCUT2D eigenvalue weighted by Crippen LogP contribution is -2.40. The highest BCUT2D eigenvalue weighted by Crippen LogP contribution is 2.23. The second kappa shape index (κ2) is 8.97. The number of aromatic nitrogens is 2. The van der Waals surface area contributed by atoms with E-state index in [1.54, 1.807) is 12.3 Å². The summed E-state index contributed by atoms with van der Waals surface area (Å²) in [5, 5.41) is 3.01. The molecule has 0 saturated carbocycles. The number of rotatable bonds is 6. The highest BCUT2D eigenvalue weighted by atomic mass is 16.1. The lowest BCUT2D eigenvalue weighted by molar-refractivity contribution is 0.0949. The molecule has 1 aromatic rings. The molecule has 0 radical (unpaired) electrons. The average Bonchev–Trinajstić information content (AvgIpc) is 2.69. The Balaban J connectivity index is 1.58. The minimum Gasteiger partial charge on any atom is -0.350 e. The van der Waals surface area contributed by atoms with E-state index in [4.69, 9.17) is 0 Å². The average molecular weight is 342 g/mol. The third-order valence-corrected chi connectivity index (χ3v) is 5.35. The molecule has 1 atom stereocenters. The second-order valence-electron chi connectivity index (χ2n) is 7.11. The van der Waals surface area contributed by atoms with Gasteiger partial charge in [-0.1, -0.05) is 18.6 Å². The molecule has 1 amide bonds. The molecule has 25 heavy (non-hydrogen) atoms. The van der Waals surface area contributed by atoms with E-state index >= 15 is 0 Å². The van der Waals surface area contributed by atoms with Crippen molar-refractivity contribution < 1.29 is 4.79 Å². The van der Waals surface area contributed by atoms with Gasteiger partial charge in [0.25, 0.3) is 5.91 Å². The minimum atomic E-state index is -0.0925. The molecule has 0 spiro atoms. The van der Waals surface area contributed by atoms with E-state index in [2.05, 4.69) is 33.2 Å². The van der Waals surface area contributed by atoms with Gasteiger partial charge in [0.2, 0.25) is 5.95 Å². The van der Waals surface area contributed by atoms with E-state index in [1.165, 1.54) is 50.5 Å². The van der Waals surface area contributed by atoms with E-state index in [9.17, 15) is 4.79 Å². The first kappa shape index (κ1) is 17.9. The van der Waals surface area contributed by atoms with Crippen molar-refractivity contribution in [3.8, 4) is 0 Å². The Bertz CT molecular complexity index is 613. The van der Waals surface area contributed by atoms with Gasteiger partial charge in [0.05, 0.1) is 0 Å². The first-order chi connectivity index (χ1) is 12.3. The molecule has 5 heteroatoms. The first-order valence-electron chi connectivity index (χ1n) is 9.83. The number of nitrogens with one attached hydrogen (secondary N) is 1. The standard InChI is InChI=1S/C20H30N4O/c1-2-17-10-6-7-15-24(17)20-22-14-12-18(23-20)19(25)21-13-11-16-8-4-3-5-9-16/h8,12,14,17H,2-7,9-11,13,15H2,1H3,(H,21,25). The summed E-state index contributed by atoms with van der Waals surface area (Å²) in [4.78, 5) is 23.7. The zero-order chi connectivity index (χ0) is 17.5. The van der Waals surface area contributed by atoms with Gasteiger partial charge in [-0.2, -0.15) is 0 Å². The predicted octanol–water partition coefficient (Wildman–Crippen LogP) is 3.87. The number of anilines is 1. The van der Waals surface area contributed by atoms with Crippen LogP contribution in [-0.4, -0.2) is 35.0 Å². The summed E-state index contributed by atoms with van der Waals surface area (Å²) in [5.41, 5.74) is 1.96. The number of hydrogen-bond acceptors (Lipinski definition) is 4. The van der Waals surface area contributed by atoms with Gasteiger partial charge in [-0.3, -0.25) is 4.79 Å². The summed E-state index contributed by atoms with van der Waals surface area (Å²) in [5.74, 6) is 0.610.